The highest BCUT2D eigenvalue weighted by atomic mass is 16.5. The molecule has 30 heavy (non-hydrogen) atoms. The molecule has 4 N–H and O–H groups in total. The summed E-state index contributed by atoms with van der Waals surface area (Å²) in [5, 5.41) is 4.25. The van der Waals surface area contributed by atoms with Crippen LogP contribution in [-0.2, 0) is 11.3 Å². The lowest BCUT2D eigenvalue weighted by atomic mass is 9.73. The summed E-state index contributed by atoms with van der Waals surface area (Å²) in [5.41, 5.74) is 12.8. The number of aromatic nitrogens is 4. The van der Waals surface area contributed by atoms with E-state index in [1.54, 1.807) is 17.3 Å². The van der Waals surface area contributed by atoms with E-state index in [2.05, 4.69) is 20.0 Å². The van der Waals surface area contributed by atoms with Crippen molar-refractivity contribution < 1.29 is 9.53 Å². The second-order valence-electron chi connectivity index (χ2n) is 8.58. The number of nitrogens with two attached hydrogens (primary N) is 2. The third-order valence-electron chi connectivity index (χ3n) is 6.89. The average Bonchev–Trinajstić information content (AvgIpc) is 3.35. The van der Waals surface area contributed by atoms with E-state index in [4.69, 9.17) is 16.2 Å². The van der Waals surface area contributed by atoms with E-state index >= 15 is 0 Å². The lowest BCUT2D eigenvalue weighted by Gasteiger charge is -2.41. The van der Waals surface area contributed by atoms with Gasteiger partial charge in [0.15, 0.2) is 11.5 Å². The Labute approximate surface area is 175 Å². The number of carbonyl (C=O) groups excluding carboxylic acids is 1. The molecule has 0 unspecified atom stereocenters. The molecule has 1 spiro atoms. The molecule has 5 rings (SSSR count). The fourth-order valence-electron chi connectivity index (χ4n) is 4.92. The maximum Gasteiger partial charge on any atom is 0.281 e. The van der Waals surface area contributed by atoms with Gasteiger partial charge in [0, 0.05) is 43.7 Å². The molecule has 1 amide bonds. The summed E-state index contributed by atoms with van der Waals surface area (Å²) in [4.78, 5) is 25.8. The summed E-state index contributed by atoms with van der Waals surface area (Å²) in [6, 6.07) is 1.89. The first-order valence-electron chi connectivity index (χ1n) is 10.6. The van der Waals surface area contributed by atoms with Gasteiger partial charge >= 0.3 is 0 Å². The Hall–Kier alpha value is -2.72. The van der Waals surface area contributed by atoms with Gasteiger partial charge in [-0.2, -0.15) is 5.10 Å². The Balaban J connectivity index is 1.31. The number of ether oxygens (including phenoxy) is 1. The molecule has 2 aromatic rings. The predicted molar refractivity (Wildman–Crippen MR) is 112 cm³/mol. The Kier molecular flexibility index (Phi) is 4.62. The van der Waals surface area contributed by atoms with Crippen LogP contribution in [0.25, 0.3) is 0 Å². The van der Waals surface area contributed by atoms with Gasteiger partial charge in [-0.25, -0.2) is 14.6 Å². The zero-order valence-electron chi connectivity index (χ0n) is 17.2. The first-order valence-corrected chi connectivity index (χ1v) is 10.6. The largest absolute Gasteiger partial charge is 0.382 e. The van der Waals surface area contributed by atoms with Gasteiger partial charge in [-0.1, -0.05) is 0 Å². The number of carbonyl (C=O) groups is 1. The highest BCUT2D eigenvalue weighted by Crippen LogP contribution is 2.41. The fraction of sp³-hybridized carbons (Fsp3) is 0.600. The zero-order chi connectivity index (χ0) is 20.9. The molecular formula is C20H28N8O2. The van der Waals surface area contributed by atoms with E-state index in [1.807, 2.05) is 17.7 Å². The normalized spacial score (nSPS) is 25.5. The summed E-state index contributed by atoms with van der Waals surface area (Å²) in [6.45, 7) is 5.81. The van der Waals surface area contributed by atoms with Gasteiger partial charge in [-0.3, -0.25) is 9.69 Å². The van der Waals surface area contributed by atoms with Crippen LogP contribution >= 0.6 is 0 Å². The molecule has 10 heteroatoms. The van der Waals surface area contributed by atoms with E-state index in [0.717, 1.165) is 51.3 Å². The Morgan fingerprint density at radius 3 is 2.77 bits per heavy atom. The smallest absolute Gasteiger partial charge is 0.281 e. The maximum atomic E-state index is 13.1. The molecule has 5 heterocycles. The molecular weight excluding hydrogens is 384 g/mol. The van der Waals surface area contributed by atoms with E-state index < -0.39 is 0 Å². The van der Waals surface area contributed by atoms with Gasteiger partial charge in [0.05, 0.1) is 25.1 Å². The fourth-order valence-corrected chi connectivity index (χ4v) is 4.92. The van der Waals surface area contributed by atoms with E-state index in [0.29, 0.717) is 12.4 Å². The summed E-state index contributed by atoms with van der Waals surface area (Å²) >= 11 is 0. The number of anilines is 3. The predicted octanol–water partition coefficient (Wildman–Crippen LogP) is 0.638. The van der Waals surface area contributed by atoms with Crippen LogP contribution in [0.2, 0.25) is 0 Å². The van der Waals surface area contributed by atoms with Crippen LogP contribution in [0.1, 0.15) is 36.7 Å². The van der Waals surface area contributed by atoms with Crippen molar-refractivity contribution in [1.82, 2.24) is 19.7 Å². The second kappa shape index (κ2) is 7.21. The Bertz CT molecular complexity index is 952. The van der Waals surface area contributed by atoms with Crippen molar-refractivity contribution in [1.29, 1.82) is 0 Å². The van der Waals surface area contributed by atoms with E-state index in [-0.39, 0.29) is 35.0 Å². The Morgan fingerprint density at radius 1 is 1.27 bits per heavy atom. The summed E-state index contributed by atoms with van der Waals surface area (Å²) in [7, 11) is 0. The molecule has 0 aliphatic carbocycles. The van der Waals surface area contributed by atoms with Crippen molar-refractivity contribution in [2.75, 3.05) is 41.8 Å². The molecule has 0 radical (unpaired) electrons. The number of amides is 1. The molecule has 160 valence electrons. The first kappa shape index (κ1) is 19.3. The lowest BCUT2D eigenvalue weighted by molar-refractivity contribution is 0.0971. The summed E-state index contributed by atoms with van der Waals surface area (Å²) in [6.07, 6.45) is 6.17. The van der Waals surface area contributed by atoms with Gasteiger partial charge in [0.2, 0.25) is 0 Å². The number of hydrogen-bond donors (Lipinski definition) is 2. The van der Waals surface area contributed by atoms with E-state index in [1.165, 1.54) is 0 Å². The van der Waals surface area contributed by atoms with Gasteiger partial charge in [-0.15, -0.1) is 0 Å². The highest BCUT2D eigenvalue weighted by Gasteiger charge is 2.47. The monoisotopic (exact) mass is 412 g/mol. The third-order valence-corrected chi connectivity index (χ3v) is 6.89. The molecule has 2 aromatic heterocycles. The SMILES string of the molecule is C[C@@H]1OCC2(CCN(c3cnc(C(=O)N4CCCn5nccc54)c(N)n3)CC2)[C@@H]1N. The van der Waals surface area contributed by atoms with E-state index in [9.17, 15) is 4.79 Å². The van der Waals surface area contributed by atoms with Crippen molar-refractivity contribution in [3.8, 4) is 0 Å². The van der Waals surface area contributed by atoms with Crippen molar-refractivity contribution in [2.45, 2.75) is 44.9 Å². The molecule has 0 saturated carbocycles. The molecule has 0 bridgehead atoms. The minimum absolute atomic E-state index is 0.0437. The summed E-state index contributed by atoms with van der Waals surface area (Å²) in [5.74, 6) is 1.38. The average molecular weight is 412 g/mol. The van der Waals surface area contributed by atoms with Crippen LogP contribution in [0.15, 0.2) is 18.5 Å². The van der Waals surface area contributed by atoms with Crippen molar-refractivity contribution in [3.05, 3.63) is 24.2 Å². The van der Waals surface area contributed by atoms with Crippen molar-refractivity contribution in [2.24, 2.45) is 11.1 Å². The first-order chi connectivity index (χ1) is 14.5. The minimum atomic E-state index is -0.242. The quantitative estimate of drug-likeness (QED) is 0.735. The van der Waals surface area contributed by atoms with Crippen molar-refractivity contribution >= 4 is 23.4 Å². The van der Waals surface area contributed by atoms with Gasteiger partial charge in [0.1, 0.15) is 11.6 Å². The van der Waals surface area contributed by atoms with Crippen LogP contribution < -0.4 is 21.3 Å². The standard InChI is InChI=1S/C20H28N8O2/c1-13-17(21)20(12-30-13)4-9-26(10-5-20)14-11-23-16(18(22)25-14)19(29)27-7-2-8-28-15(27)3-6-24-28/h3,6,11,13,17H,2,4-5,7-10,12,21H2,1H3,(H2,22,25)/t13-,17+/m0/s1. The number of piperidine rings is 1. The Morgan fingerprint density at radius 2 is 2.07 bits per heavy atom. The number of hydrogen-bond acceptors (Lipinski definition) is 8. The van der Waals surface area contributed by atoms with Gasteiger partial charge < -0.3 is 21.1 Å². The highest BCUT2D eigenvalue weighted by molar-refractivity contribution is 6.07. The maximum absolute atomic E-state index is 13.1. The summed E-state index contributed by atoms with van der Waals surface area (Å²) < 4.78 is 7.62. The van der Waals surface area contributed by atoms with Gasteiger partial charge in [-0.05, 0) is 26.2 Å². The van der Waals surface area contributed by atoms with Crippen LogP contribution in [0.3, 0.4) is 0 Å². The molecule has 3 aliphatic rings. The molecule has 0 aromatic carbocycles. The number of nitrogens with zero attached hydrogens (tertiary/aromatic N) is 6. The van der Waals surface area contributed by atoms with Crippen LogP contribution in [0.5, 0.6) is 0 Å². The lowest BCUT2D eigenvalue weighted by Crippen LogP contribution is -2.50. The van der Waals surface area contributed by atoms with Crippen molar-refractivity contribution in [3.63, 3.8) is 0 Å². The molecule has 2 saturated heterocycles. The zero-order valence-corrected chi connectivity index (χ0v) is 17.2. The van der Waals surface area contributed by atoms with Crippen LogP contribution in [-0.4, -0.2) is 64.0 Å². The number of aryl methyl sites for hydroxylation is 1. The topological polar surface area (TPSA) is 128 Å². The van der Waals surface area contributed by atoms with Crippen LogP contribution in [0, 0.1) is 5.41 Å². The number of nitrogen functional groups attached to an aromatic ring is 1. The molecule has 10 nitrogen and oxygen atoms in total. The van der Waals surface area contributed by atoms with Gasteiger partial charge in [0.25, 0.3) is 5.91 Å². The molecule has 2 fully saturated rings. The minimum Gasteiger partial charge on any atom is -0.382 e. The number of rotatable bonds is 2. The number of fused-ring (bicyclic) bond motifs is 1. The molecule has 2 atom stereocenters. The van der Waals surface area contributed by atoms with Crippen LogP contribution in [0.4, 0.5) is 17.5 Å². The molecule has 3 aliphatic heterocycles. The third kappa shape index (κ3) is 3.02. The second-order valence-corrected chi connectivity index (χ2v) is 8.58.